The molecule has 0 aliphatic rings. The van der Waals surface area contributed by atoms with Gasteiger partial charge in [-0.2, -0.15) is 0 Å². The summed E-state index contributed by atoms with van der Waals surface area (Å²) in [4.78, 5) is 0. The van der Waals surface area contributed by atoms with Crippen LogP contribution in [0.3, 0.4) is 0 Å². The monoisotopic (exact) mass is 308 g/mol. The van der Waals surface area contributed by atoms with Gasteiger partial charge in [0.2, 0.25) is 0 Å². The number of hydrogen-bond acceptors (Lipinski definition) is 4. The van der Waals surface area contributed by atoms with Crippen LogP contribution in [0.15, 0.2) is 24.4 Å². The molecule has 0 aliphatic carbocycles. The molecule has 1 aromatic heterocycles. The molecule has 1 aromatic carbocycles. The average Bonchev–Trinajstić information content (AvgIpc) is 2.89. The van der Waals surface area contributed by atoms with Gasteiger partial charge < -0.3 is 10.1 Å². The zero-order valence-electron chi connectivity index (χ0n) is 12.6. The molecule has 0 fully saturated rings. The molecule has 6 heteroatoms. The molecular formula is C15H21ClN4O. The van der Waals surface area contributed by atoms with E-state index in [4.69, 9.17) is 16.3 Å². The van der Waals surface area contributed by atoms with Gasteiger partial charge in [0.25, 0.3) is 0 Å². The number of aromatic nitrogens is 3. The quantitative estimate of drug-likeness (QED) is 0.854. The zero-order chi connectivity index (χ0) is 15.2. The molecule has 0 saturated carbocycles. The first-order chi connectivity index (χ1) is 10.1. The van der Waals surface area contributed by atoms with Crippen molar-refractivity contribution in [1.29, 1.82) is 0 Å². The van der Waals surface area contributed by atoms with E-state index < -0.39 is 0 Å². The van der Waals surface area contributed by atoms with E-state index in [9.17, 15) is 0 Å². The van der Waals surface area contributed by atoms with Gasteiger partial charge in [-0.3, -0.25) is 4.68 Å². The van der Waals surface area contributed by atoms with E-state index in [-0.39, 0.29) is 6.04 Å². The fourth-order valence-corrected chi connectivity index (χ4v) is 2.24. The molecule has 0 amide bonds. The van der Waals surface area contributed by atoms with Gasteiger partial charge in [-0.15, -0.1) is 5.10 Å². The summed E-state index contributed by atoms with van der Waals surface area (Å²) in [6.45, 7) is 5.62. The fraction of sp³-hybridized carbons (Fsp3) is 0.467. The van der Waals surface area contributed by atoms with E-state index in [1.165, 1.54) is 0 Å². The second kappa shape index (κ2) is 7.43. The highest BCUT2D eigenvalue weighted by Gasteiger charge is 2.09. The third-order valence-corrected chi connectivity index (χ3v) is 3.48. The van der Waals surface area contributed by atoms with Crippen LogP contribution >= 0.6 is 11.6 Å². The van der Waals surface area contributed by atoms with Gasteiger partial charge in [0.1, 0.15) is 18.1 Å². The van der Waals surface area contributed by atoms with Gasteiger partial charge in [-0.1, -0.05) is 29.8 Å². The van der Waals surface area contributed by atoms with E-state index in [0.717, 1.165) is 24.2 Å². The second-order valence-electron chi connectivity index (χ2n) is 5.04. The number of halogens is 1. The third-order valence-electron chi connectivity index (χ3n) is 3.18. The van der Waals surface area contributed by atoms with Gasteiger partial charge in [-0.05, 0) is 37.6 Å². The zero-order valence-corrected chi connectivity index (χ0v) is 13.4. The number of nitrogens with zero attached hydrogens (tertiary/aromatic N) is 3. The minimum atomic E-state index is 0.275. The maximum Gasteiger partial charge on any atom is 0.138 e. The van der Waals surface area contributed by atoms with E-state index >= 15 is 0 Å². The lowest BCUT2D eigenvalue weighted by Gasteiger charge is -2.15. The molecule has 0 saturated heterocycles. The molecular weight excluding hydrogens is 288 g/mol. The van der Waals surface area contributed by atoms with Crippen LogP contribution in [-0.4, -0.2) is 21.5 Å². The van der Waals surface area contributed by atoms with Crippen molar-refractivity contribution in [3.05, 3.63) is 40.7 Å². The first-order valence-electron chi connectivity index (χ1n) is 7.11. The van der Waals surface area contributed by atoms with Crippen LogP contribution in [0.5, 0.6) is 5.75 Å². The molecule has 2 rings (SSSR count). The van der Waals surface area contributed by atoms with Crippen LogP contribution in [0.1, 0.15) is 37.6 Å². The Morgan fingerprint density at radius 1 is 1.43 bits per heavy atom. The number of rotatable bonds is 7. The van der Waals surface area contributed by atoms with E-state index in [1.54, 1.807) is 4.68 Å². The summed E-state index contributed by atoms with van der Waals surface area (Å²) in [6.07, 6.45) is 2.93. The Labute approximate surface area is 130 Å². The number of hydrogen-bond donors (Lipinski definition) is 1. The molecule has 2 aromatic rings. The molecule has 21 heavy (non-hydrogen) atoms. The van der Waals surface area contributed by atoms with Crippen LogP contribution in [0.25, 0.3) is 0 Å². The SMILES string of the molecule is CCCNC(C)c1ccc(OCc2cn(C)nn2)c(Cl)c1. The van der Waals surface area contributed by atoms with Crippen molar-refractivity contribution in [1.82, 2.24) is 20.3 Å². The number of benzene rings is 1. The van der Waals surface area contributed by atoms with Crippen molar-refractivity contribution >= 4 is 11.6 Å². The van der Waals surface area contributed by atoms with Gasteiger partial charge in [0, 0.05) is 13.1 Å². The Balaban J connectivity index is 1.98. The van der Waals surface area contributed by atoms with Crippen molar-refractivity contribution in [2.75, 3.05) is 6.54 Å². The Bertz CT molecular complexity index is 585. The Morgan fingerprint density at radius 2 is 2.24 bits per heavy atom. The van der Waals surface area contributed by atoms with Gasteiger partial charge in [-0.25, -0.2) is 0 Å². The summed E-state index contributed by atoms with van der Waals surface area (Å²) in [6, 6.07) is 6.15. The number of nitrogens with one attached hydrogen (secondary N) is 1. The summed E-state index contributed by atoms with van der Waals surface area (Å²) in [5, 5.41) is 11.9. The first kappa shape index (κ1) is 15.8. The third kappa shape index (κ3) is 4.44. The highest BCUT2D eigenvalue weighted by atomic mass is 35.5. The molecule has 0 radical (unpaired) electrons. The molecule has 5 nitrogen and oxygen atoms in total. The van der Waals surface area contributed by atoms with Crippen molar-refractivity contribution < 1.29 is 4.74 Å². The van der Waals surface area contributed by atoms with Crippen molar-refractivity contribution in [2.24, 2.45) is 7.05 Å². The number of ether oxygens (including phenoxy) is 1. The summed E-state index contributed by atoms with van der Waals surface area (Å²) >= 11 is 6.28. The van der Waals surface area contributed by atoms with Crippen molar-refractivity contribution in [2.45, 2.75) is 32.9 Å². The smallest absolute Gasteiger partial charge is 0.138 e. The topological polar surface area (TPSA) is 52.0 Å². The average molecular weight is 309 g/mol. The van der Waals surface area contributed by atoms with E-state index in [1.807, 2.05) is 31.4 Å². The van der Waals surface area contributed by atoms with Gasteiger partial charge in [0.15, 0.2) is 0 Å². The van der Waals surface area contributed by atoms with Crippen LogP contribution < -0.4 is 10.1 Å². The summed E-state index contributed by atoms with van der Waals surface area (Å²) in [5.74, 6) is 0.661. The van der Waals surface area contributed by atoms with Crippen LogP contribution in [0.2, 0.25) is 5.02 Å². The first-order valence-corrected chi connectivity index (χ1v) is 7.48. The molecule has 1 atom stereocenters. The van der Waals surface area contributed by atoms with Crippen LogP contribution in [-0.2, 0) is 13.7 Å². The molecule has 1 unspecified atom stereocenters. The predicted octanol–water partition coefficient (Wildman–Crippen LogP) is 3.11. The lowest BCUT2D eigenvalue weighted by molar-refractivity contribution is 0.301. The summed E-state index contributed by atoms with van der Waals surface area (Å²) in [7, 11) is 1.82. The van der Waals surface area contributed by atoms with Gasteiger partial charge in [0.05, 0.1) is 11.2 Å². The fourth-order valence-electron chi connectivity index (χ4n) is 2.00. The van der Waals surface area contributed by atoms with Gasteiger partial charge >= 0.3 is 0 Å². The summed E-state index contributed by atoms with van der Waals surface area (Å²) in [5.41, 5.74) is 1.93. The Morgan fingerprint density at radius 3 is 2.86 bits per heavy atom. The lowest BCUT2D eigenvalue weighted by Crippen LogP contribution is -2.19. The Hall–Kier alpha value is -1.59. The minimum absolute atomic E-state index is 0.275. The van der Waals surface area contributed by atoms with Crippen molar-refractivity contribution in [3.63, 3.8) is 0 Å². The van der Waals surface area contributed by atoms with E-state index in [2.05, 4.69) is 29.5 Å². The van der Waals surface area contributed by atoms with Crippen LogP contribution in [0.4, 0.5) is 0 Å². The normalized spacial score (nSPS) is 12.4. The minimum Gasteiger partial charge on any atom is -0.486 e. The maximum absolute atomic E-state index is 6.28. The Kier molecular flexibility index (Phi) is 5.59. The summed E-state index contributed by atoms with van der Waals surface area (Å²) < 4.78 is 7.33. The van der Waals surface area contributed by atoms with Crippen molar-refractivity contribution in [3.8, 4) is 5.75 Å². The molecule has 1 heterocycles. The molecule has 0 bridgehead atoms. The predicted molar refractivity (Wildman–Crippen MR) is 83.5 cm³/mol. The van der Waals surface area contributed by atoms with Crippen LogP contribution in [0, 0.1) is 0 Å². The molecule has 1 N–H and O–H groups in total. The maximum atomic E-state index is 6.28. The standard InChI is InChI=1S/C15H21ClN4O/c1-4-7-17-11(2)12-5-6-15(14(16)8-12)21-10-13-9-20(3)19-18-13/h5-6,8-9,11,17H,4,7,10H2,1-3H3. The number of aryl methyl sites for hydroxylation is 1. The highest BCUT2D eigenvalue weighted by Crippen LogP contribution is 2.28. The molecule has 114 valence electrons. The van der Waals surface area contributed by atoms with E-state index in [0.29, 0.717) is 17.4 Å². The largest absolute Gasteiger partial charge is 0.486 e. The molecule has 0 spiro atoms. The lowest BCUT2D eigenvalue weighted by atomic mass is 10.1. The second-order valence-corrected chi connectivity index (χ2v) is 5.45. The highest BCUT2D eigenvalue weighted by molar-refractivity contribution is 6.32. The molecule has 0 aliphatic heterocycles.